The van der Waals surface area contributed by atoms with Gasteiger partial charge in [-0.3, -0.25) is 19.1 Å². The third-order valence-electron chi connectivity index (χ3n) is 5.66. The molecule has 0 aliphatic rings. The number of ether oxygens (including phenoxy) is 1. The minimum atomic E-state index is -0.876. The molecule has 1 unspecified atom stereocenters. The van der Waals surface area contributed by atoms with Gasteiger partial charge in [-0.15, -0.1) is 0 Å². The van der Waals surface area contributed by atoms with E-state index in [0.717, 1.165) is 17.5 Å². The van der Waals surface area contributed by atoms with Crippen LogP contribution in [0.4, 0.5) is 11.5 Å². The van der Waals surface area contributed by atoms with Crippen LogP contribution in [0.15, 0.2) is 64.2 Å². The van der Waals surface area contributed by atoms with Crippen LogP contribution in [0.3, 0.4) is 0 Å². The van der Waals surface area contributed by atoms with E-state index in [2.05, 4.69) is 4.98 Å². The van der Waals surface area contributed by atoms with Crippen LogP contribution in [0.1, 0.15) is 40.5 Å². The zero-order valence-corrected chi connectivity index (χ0v) is 20.8. The lowest BCUT2D eigenvalue weighted by atomic mass is 10.1. The van der Waals surface area contributed by atoms with Crippen LogP contribution >= 0.6 is 0 Å². The van der Waals surface area contributed by atoms with Crippen LogP contribution in [0.25, 0.3) is 11.1 Å². The van der Waals surface area contributed by atoms with Crippen molar-refractivity contribution in [3.63, 3.8) is 0 Å². The van der Waals surface area contributed by atoms with Crippen molar-refractivity contribution in [3.8, 4) is 16.9 Å². The lowest BCUT2D eigenvalue weighted by molar-refractivity contribution is -0.124. The Morgan fingerprint density at radius 3 is 2.26 bits per heavy atom. The van der Waals surface area contributed by atoms with Gasteiger partial charge in [-0.2, -0.15) is 0 Å². The fourth-order valence-corrected chi connectivity index (χ4v) is 3.86. The molecule has 0 bridgehead atoms. The van der Waals surface area contributed by atoms with Gasteiger partial charge >= 0.3 is 5.69 Å². The summed E-state index contributed by atoms with van der Waals surface area (Å²) in [6, 6.07) is 17.4. The summed E-state index contributed by atoms with van der Waals surface area (Å²) >= 11 is 0. The normalized spacial score (nSPS) is 11.9. The Hall–Kier alpha value is -3.81. The van der Waals surface area contributed by atoms with E-state index >= 15 is 0 Å². The van der Waals surface area contributed by atoms with Gasteiger partial charge in [0.25, 0.3) is 11.5 Å². The summed E-state index contributed by atoms with van der Waals surface area (Å²) in [7, 11) is 0. The van der Waals surface area contributed by atoms with E-state index in [1.807, 2.05) is 75.4 Å². The van der Waals surface area contributed by atoms with Crippen molar-refractivity contribution in [1.82, 2.24) is 9.55 Å². The van der Waals surface area contributed by atoms with Gasteiger partial charge in [0.1, 0.15) is 11.6 Å². The Kier molecular flexibility index (Phi) is 8.52. The van der Waals surface area contributed by atoms with Crippen LogP contribution in [0.5, 0.6) is 5.75 Å². The molecule has 8 heteroatoms. The number of nitrogens with zero attached hydrogens (tertiary/aromatic N) is 2. The smallest absolute Gasteiger partial charge is 0.330 e. The number of anilines is 2. The summed E-state index contributed by atoms with van der Waals surface area (Å²) in [5, 5.41) is 0. The number of rotatable bonds is 10. The highest BCUT2D eigenvalue weighted by Gasteiger charge is 2.28. The number of nitrogens with one attached hydrogen (secondary N) is 1. The fraction of sp³-hybridized carbons (Fsp3) is 0.370. The lowest BCUT2D eigenvalue weighted by Gasteiger charge is -2.27. The number of aromatic nitrogens is 2. The predicted molar refractivity (Wildman–Crippen MR) is 140 cm³/mol. The third-order valence-corrected chi connectivity index (χ3v) is 5.66. The maximum atomic E-state index is 13.5. The standard InChI is InChI=1S/C27H34N4O4/c1-5-6-16-30(23-24(28)31(17-18(2)3)27(34)29-25(23)32)26(33)19(4)35-22-14-12-21(13-15-22)20-10-8-7-9-11-20/h7-15,18-19H,5-6,16-17,28H2,1-4H3,(H,29,32,34). The first-order valence-corrected chi connectivity index (χ1v) is 12.0. The maximum absolute atomic E-state index is 13.5. The SMILES string of the molecule is CCCCN(C(=O)C(C)Oc1ccc(-c2ccccc2)cc1)c1c(N)n(CC(C)C)c(=O)[nH]c1=O. The second kappa shape index (κ2) is 11.6. The summed E-state index contributed by atoms with van der Waals surface area (Å²) in [5.41, 5.74) is 7.11. The molecule has 0 saturated heterocycles. The molecule has 35 heavy (non-hydrogen) atoms. The molecule has 0 aliphatic heterocycles. The first kappa shape index (κ1) is 25.8. The number of hydrogen-bond donors (Lipinski definition) is 2. The quantitative estimate of drug-likeness (QED) is 0.457. The molecule has 0 aliphatic carbocycles. The topological polar surface area (TPSA) is 110 Å². The van der Waals surface area contributed by atoms with Crippen LogP contribution in [-0.2, 0) is 11.3 Å². The molecule has 0 fully saturated rings. The van der Waals surface area contributed by atoms with Crippen molar-refractivity contribution in [2.24, 2.45) is 5.92 Å². The number of benzene rings is 2. The van der Waals surface area contributed by atoms with Gasteiger partial charge in [0.15, 0.2) is 11.8 Å². The zero-order valence-electron chi connectivity index (χ0n) is 20.8. The summed E-state index contributed by atoms with van der Waals surface area (Å²) in [6.45, 7) is 8.11. The van der Waals surface area contributed by atoms with Gasteiger partial charge < -0.3 is 15.4 Å². The van der Waals surface area contributed by atoms with Crippen molar-refractivity contribution >= 4 is 17.4 Å². The number of H-pyrrole nitrogens is 1. The summed E-state index contributed by atoms with van der Waals surface area (Å²) in [5.74, 6) is 0.233. The first-order chi connectivity index (χ1) is 16.7. The lowest BCUT2D eigenvalue weighted by Crippen LogP contribution is -2.46. The van der Waals surface area contributed by atoms with E-state index in [1.165, 1.54) is 9.47 Å². The zero-order chi connectivity index (χ0) is 25.5. The highest BCUT2D eigenvalue weighted by atomic mass is 16.5. The van der Waals surface area contributed by atoms with Crippen molar-refractivity contribution in [2.75, 3.05) is 17.2 Å². The van der Waals surface area contributed by atoms with Crippen molar-refractivity contribution < 1.29 is 9.53 Å². The minimum absolute atomic E-state index is 0.0152. The van der Waals surface area contributed by atoms with Crippen molar-refractivity contribution in [2.45, 2.75) is 53.2 Å². The molecule has 1 aromatic heterocycles. The van der Waals surface area contributed by atoms with Crippen LogP contribution < -0.4 is 26.6 Å². The van der Waals surface area contributed by atoms with Gasteiger partial charge in [-0.25, -0.2) is 4.79 Å². The Morgan fingerprint density at radius 2 is 1.66 bits per heavy atom. The van der Waals surface area contributed by atoms with E-state index in [-0.39, 0.29) is 24.0 Å². The van der Waals surface area contributed by atoms with Gasteiger partial charge in [-0.1, -0.05) is 69.7 Å². The second-order valence-electron chi connectivity index (χ2n) is 8.99. The Bertz CT molecular complexity index is 1250. The van der Waals surface area contributed by atoms with Crippen molar-refractivity contribution in [1.29, 1.82) is 0 Å². The Morgan fingerprint density at radius 1 is 1.03 bits per heavy atom. The molecule has 1 atom stereocenters. The van der Waals surface area contributed by atoms with Crippen molar-refractivity contribution in [3.05, 3.63) is 75.4 Å². The monoisotopic (exact) mass is 478 g/mol. The first-order valence-electron chi connectivity index (χ1n) is 12.0. The molecule has 1 amide bonds. The summed E-state index contributed by atoms with van der Waals surface area (Å²) < 4.78 is 7.24. The molecule has 186 valence electrons. The number of amides is 1. The molecule has 3 aromatic rings. The number of carbonyl (C=O) groups excluding carboxylic acids is 1. The number of nitrogen functional groups attached to an aromatic ring is 1. The van der Waals surface area contributed by atoms with Crippen LogP contribution in [0, 0.1) is 5.92 Å². The second-order valence-corrected chi connectivity index (χ2v) is 8.99. The largest absolute Gasteiger partial charge is 0.481 e. The Balaban J connectivity index is 1.88. The predicted octanol–water partition coefficient (Wildman–Crippen LogP) is 4.04. The van der Waals surface area contributed by atoms with E-state index in [0.29, 0.717) is 18.7 Å². The van der Waals surface area contributed by atoms with Gasteiger partial charge in [0.05, 0.1) is 0 Å². The van der Waals surface area contributed by atoms with E-state index in [9.17, 15) is 14.4 Å². The van der Waals surface area contributed by atoms with Gasteiger partial charge in [0, 0.05) is 13.1 Å². The fourth-order valence-electron chi connectivity index (χ4n) is 3.86. The molecule has 2 aromatic carbocycles. The minimum Gasteiger partial charge on any atom is -0.481 e. The number of carbonyl (C=O) groups is 1. The number of nitrogens with two attached hydrogens (primary N) is 1. The van der Waals surface area contributed by atoms with E-state index < -0.39 is 23.3 Å². The number of aromatic amines is 1. The summed E-state index contributed by atoms with van der Waals surface area (Å²) in [6.07, 6.45) is 0.592. The number of hydrogen-bond acceptors (Lipinski definition) is 5. The molecule has 0 saturated carbocycles. The van der Waals surface area contributed by atoms with Gasteiger partial charge in [0.2, 0.25) is 0 Å². The Labute approximate surface area is 205 Å². The molecule has 8 nitrogen and oxygen atoms in total. The highest BCUT2D eigenvalue weighted by Crippen LogP contribution is 2.24. The van der Waals surface area contributed by atoms with E-state index in [4.69, 9.17) is 10.5 Å². The van der Waals surface area contributed by atoms with Gasteiger partial charge in [-0.05, 0) is 42.5 Å². The van der Waals surface area contributed by atoms with Crippen LogP contribution in [0.2, 0.25) is 0 Å². The molecule has 3 N–H and O–H groups in total. The van der Waals surface area contributed by atoms with E-state index in [1.54, 1.807) is 6.92 Å². The average Bonchev–Trinajstić information content (AvgIpc) is 2.84. The molecule has 1 heterocycles. The average molecular weight is 479 g/mol. The third kappa shape index (κ3) is 6.20. The molecular weight excluding hydrogens is 444 g/mol. The molecule has 0 radical (unpaired) electrons. The van der Waals surface area contributed by atoms with Crippen LogP contribution in [-0.4, -0.2) is 28.1 Å². The molecular formula is C27H34N4O4. The molecule has 3 rings (SSSR count). The highest BCUT2D eigenvalue weighted by molar-refractivity contribution is 5.98. The maximum Gasteiger partial charge on any atom is 0.330 e. The summed E-state index contributed by atoms with van der Waals surface area (Å²) in [4.78, 5) is 42.3. The number of unbranched alkanes of at least 4 members (excludes halogenated alkanes) is 1. The molecule has 0 spiro atoms.